The van der Waals surface area contributed by atoms with Crippen LogP contribution in [0.3, 0.4) is 0 Å². The Morgan fingerprint density at radius 3 is 2.42 bits per heavy atom. The van der Waals surface area contributed by atoms with Gasteiger partial charge in [-0.05, 0) is 13.3 Å². The molecule has 5 heteroatoms. The summed E-state index contributed by atoms with van der Waals surface area (Å²) >= 11 is 0. The molecule has 0 heterocycles. The number of carbonyl (C=O) groups excluding carboxylic acids is 1. The molecule has 0 aromatic heterocycles. The minimum Gasteiger partial charge on any atom is -0.480 e. The summed E-state index contributed by atoms with van der Waals surface area (Å²) in [5.41, 5.74) is 4.56. The number of rotatable bonds is 4. The van der Waals surface area contributed by atoms with E-state index in [9.17, 15) is 9.59 Å². The van der Waals surface area contributed by atoms with Crippen molar-refractivity contribution < 1.29 is 14.7 Å². The zero-order chi connectivity index (χ0) is 9.78. The number of carboxylic acids is 1. The molecule has 0 bridgehead atoms. The number of carboxylic acid groups (broad SMARTS) is 1. The molecule has 0 radical (unpaired) electrons. The number of hydrogen-bond donors (Lipinski definition) is 3. The molecule has 4 N–H and O–H groups in total. The van der Waals surface area contributed by atoms with Crippen molar-refractivity contribution in [2.45, 2.75) is 25.8 Å². The number of aliphatic carboxylic acids is 1. The first-order chi connectivity index (χ1) is 5.40. The molecule has 0 rings (SSSR count). The summed E-state index contributed by atoms with van der Waals surface area (Å²) in [5.74, 6) is -1.51. The Hall–Kier alpha value is -1.10. The van der Waals surface area contributed by atoms with Gasteiger partial charge in [0.2, 0.25) is 5.91 Å². The molecular weight excluding hydrogens is 160 g/mol. The minimum absolute atomic E-state index is 0.383. The van der Waals surface area contributed by atoms with E-state index in [4.69, 9.17) is 10.8 Å². The van der Waals surface area contributed by atoms with Crippen molar-refractivity contribution in [1.82, 2.24) is 5.32 Å². The van der Waals surface area contributed by atoms with Crippen LogP contribution in [0.25, 0.3) is 0 Å². The van der Waals surface area contributed by atoms with Crippen LogP contribution in [0.1, 0.15) is 20.3 Å². The maximum atomic E-state index is 11.1. The Kier molecular flexibility index (Phi) is 3.69. The van der Waals surface area contributed by atoms with Gasteiger partial charge in [-0.2, -0.15) is 0 Å². The van der Waals surface area contributed by atoms with Crippen LogP contribution in [-0.4, -0.2) is 29.1 Å². The maximum Gasteiger partial charge on any atom is 0.322 e. The van der Waals surface area contributed by atoms with Gasteiger partial charge >= 0.3 is 5.97 Å². The fourth-order valence-electron chi connectivity index (χ4n) is 0.518. The summed E-state index contributed by atoms with van der Waals surface area (Å²) in [4.78, 5) is 21.2. The van der Waals surface area contributed by atoms with Crippen LogP contribution in [0.2, 0.25) is 0 Å². The zero-order valence-corrected chi connectivity index (χ0v) is 7.26. The van der Waals surface area contributed by atoms with Gasteiger partial charge < -0.3 is 16.2 Å². The molecule has 5 nitrogen and oxygen atoms in total. The molecule has 1 unspecified atom stereocenters. The summed E-state index contributed by atoms with van der Waals surface area (Å²) in [6.45, 7) is 2.94. The van der Waals surface area contributed by atoms with Crippen molar-refractivity contribution >= 4 is 11.9 Å². The van der Waals surface area contributed by atoms with Crippen LogP contribution in [0.4, 0.5) is 0 Å². The number of nitrogens with two attached hydrogens (primary N) is 1. The second-order valence-electron chi connectivity index (χ2n) is 2.85. The fourth-order valence-corrected chi connectivity index (χ4v) is 0.518. The number of nitrogens with one attached hydrogen (secondary N) is 1. The molecule has 0 spiro atoms. The lowest BCUT2D eigenvalue weighted by molar-refractivity contribution is -0.138. The Labute approximate surface area is 70.9 Å². The molecule has 12 heavy (non-hydrogen) atoms. The molecule has 1 atom stereocenters. The summed E-state index contributed by atoms with van der Waals surface area (Å²) in [6, 6.07) is 0. The highest BCUT2D eigenvalue weighted by atomic mass is 16.4. The molecule has 0 aromatic rings. The van der Waals surface area contributed by atoms with E-state index < -0.39 is 17.4 Å². The molecule has 0 saturated carbocycles. The third kappa shape index (κ3) is 3.34. The topological polar surface area (TPSA) is 92.4 Å². The predicted molar refractivity (Wildman–Crippen MR) is 43.5 cm³/mol. The van der Waals surface area contributed by atoms with E-state index in [1.54, 1.807) is 13.8 Å². The highest BCUT2D eigenvalue weighted by Gasteiger charge is 2.25. The lowest BCUT2D eigenvalue weighted by Gasteiger charge is -2.20. The number of carbonyl (C=O) groups is 2. The standard InChI is InChI=1S/C7H14N2O3/c1-3-7(2,8)6(12)9-4-5(10)11/h3-4,8H2,1-2H3,(H,9,12)(H,10,11). The third-order valence-corrected chi connectivity index (χ3v) is 1.65. The van der Waals surface area contributed by atoms with Gasteiger partial charge in [-0.25, -0.2) is 0 Å². The first-order valence-electron chi connectivity index (χ1n) is 3.69. The Morgan fingerprint density at radius 1 is 1.58 bits per heavy atom. The van der Waals surface area contributed by atoms with Crippen molar-refractivity contribution in [3.8, 4) is 0 Å². The van der Waals surface area contributed by atoms with Gasteiger partial charge in [-0.15, -0.1) is 0 Å². The Morgan fingerprint density at radius 2 is 2.08 bits per heavy atom. The molecular formula is C7H14N2O3. The summed E-state index contributed by atoms with van der Waals surface area (Å²) < 4.78 is 0. The second-order valence-corrected chi connectivity index (χ2v) is 2.85. The highest BCUT2D eigenvalue weighted by molar-refractivity contribution is 5.88. The van der Waals surface area contributed by atoms with Crippen molar-refractivity contribution in [3.63, 3.8) is 0 Å². The van der Waals surface area contributed by atoms with E-state index in [2.05, 4.69) is 5.32 Å². The largest absolute Gasteiger partial charge is 0.480 e. The second kappa shape index (κ2) is 4.06. The van der Waals surface area contributed by atoms with E-state index >= 15 is 0 Å². The minimum atomic E-state index is -1.07. The van der Waals surface area contributed by atoms with Crippen LogP contribution >= 0.6 is 0 Å². The fraction of sp³-hybridized carbons (Fsp3) is 0.714. The van der Waals surface area contributed by atoms with Gasteiger partial charge in [0.1, 0.15) is 6.54 Å². The predicted octanol–water partition coefficient (Wildman–Crippen LogP) is -0.685. The molecule has 0 saturated heterocycles. The van der Waals surface area contributed by atoms with Gasteiger partial charge in [0.25, 0.3) is 0 Å². The van der Waals surface area contributed by atoms with Crippen molar-refractivity contribution in [1.29, 1.82) is 0 Å². The van der Waals surface area contributed by atoms with E-state index in [1.807, 2.05) is 0 Å². The highest BCUT2D eigenvalue weighted by Crippen LogP contribution is 2.03. The van der Waals surface area contributed by atoms with Crippen molar-refractivity contribution in [2.75, 3.05) is 6.54 Å². The molecule has 0 fully saturated rings. The lowest BCUT2D eigenvalue weighted by atomic mass is 10.00. The molecule has 0 aromatic carbocycles. The SMILES string of the molecule is CCC(C)(N)C(=O)NCC(=O)O. The summed E-state index contributed by atoms with van der Waals surface area (Å²) in [7, 11) is 0. The molecule has 1 amide bonds. The average Bonchev–Trinajstić information content (AvgIpc) is 2.00. The van der Waals surface area contributed by atoms with E-state index in [0.717, 1.165) is 0 Å². The molecule has 0 aliphatic carbocycles. The van der Waals surface area contributed by atoms with E-state index in [1.165, 1.54) is 0 Å². The van der Waals surface area contributed by atoms with Gasteiger partial charge in [0, 0.05) is 0 Å². The van der Waals surface area contributed by atoms with Gasteiger partial charge in [0.15, 0.2) is 0 Å². The van der Waals surface area contributed by atoms with Crippen LogP contribution in [0.5, 0.6) is 0 Å². The van der Waals surface area contributed by atoms with Gasteiger partial charge in [-0.1, -0.05) is 6.92 Å². The average molecular weight is 174 g/mol. The lowest BCUT2D eigenvalue weighted by Crippen LogP contribution is -2.52. The summed E-state index contributed by atoms with van der Waals surface area (Å²) in [6.07, 6.45) is 0.471. The normalized spacial score (nSPS) is 14.9. The van der Waals surface area contributed by atoms with Crippen molar-refractivity contribution in [3.05, 3.63) is 0 Å². The molecule has 0 aliphatic heterocycles. The maximum absolute atomic E-state index is 11.1. The smallest absolute Gasteiger partial charge is 0.322 e. The number of amides is 1. The molecule has 70 valence electrons. The first kappa shape index (κ1) is 10.9. The van der Waals surface area contributed by atoms with Gasteiger partial charge in [0.05, 0.1) is 5.54 Å². The van der Waals surface area contributed by atoms with Crippen LogP contribution < -0.4 is 11.1 Å². The third-order valence-electron chi connectivity index (χ3n) is 1.65. The Balaban J connectivity index is 3.96. The zero-order valence-electron chi connectivity index (χ0n) is 7.26. The summed E-state index contributed by atoms with van der Waals surface area (Å²) in [5, 5.41) is 10.5. The van der Waals surface area contributed by atoms with Crippen LogP contribution in [-0.2, 0) is 9.59 Å². The van der Waals surface area contributed by atoms with Crippen molar-refractivity contribution in [2.24, 2.45) is 5.73 Å². The monoisotopic (exact) mass is 174 g/mol. The quantitative estimate of drug-likeness (QED) is 0.526. The van der Waals surface area contributed by atoms with Crippen LogP contribution in [0, 0.1) is 0 Å². The molecule has 0 aliphatic rings. The van der Waals surface area contributed by atoms with Crippen LogP contribution in [0.15, 0.2) is 0 Å². The van der Waals surface area contributed by atoms with E-state index in [-0.39, 0.29) is 6.54 Å². The Bertz CT molecular complexity index is 189. The van der Waals surface area contributed by atoms with E-state index in [0.29, 0.717) is 6.42 Å². The van der Waals surface area contributed by atoms with Gasteiger partial charge in [-0.3, -0.25) is 9.59 Å². The number of hydrogen-bond acceptors (Lipinski definition) is 3. The first-order valence-corrected chi connectivity index (χ1v) is 3.69.